The minimum absolute atomic E-state index is 0.938. The van der Waals surface area contributed by atoms with Gasteiger partial charge in [0, 0.05) is 17.6 Å². The Morgan fingerprint density at radius 3 is 2.84 bits per heavy atom. The van der Waals surface area contributed by atoms with Crippen LogP contribution in [0.25, 0.3) is 11.3 Å². The van der Waals surface area contributed by atoms with Gasteiger partial charge in [-0.15, -0.1) is 0 Å². The van der Waals surface area contributed by atoms with Crippen molar-refractivity contribution in [3.05, 3.63) is 52.9 Å². The molecule has 2 heterocycles. The standard InChI is InChI=1S/C15H16BrN3/c16-14-3-1-13(2-4-14)15-9-18-11-19(15)10-12-5-7-17-8-6-12/h1-5,9,11,17H,6-8,10H2. The summed E-state index contributed by atoms with van der Waals surface area (Å²) in [5.41, 5.74) is 3.86. The van der Waals surface area contributed by atoms with E-state index < -0.39 is 0 Å². The molecule has 1 N–H and O–H groups in total. The van der Waals surface area contributed by atoms with Crippen LogP contribution in [0.2, 0.25) is 0 Å². The van der Waals surface area contributed by atoms with E-state index >= 15 is 0 Å². The summed E-state index contributed by atoms with van der Waals surface area (Å²) in [5, 5.41) is 3.34. The Labute approximate surface area is 121 Å². The third-order valence-corrected chi connectivity index (χ3v) is 3.91. The fourth-order valence-corrected chi connectivity index (χ4v) is 2.60. The Bertz CT molecular complexity index is 584. The molecule has 0 bridgehead atoms. The Kier molecular flexibility index (Phi) is 3.80. The fourth-order valence-electron chi connectivity index (χ4n) is 2.34. The number of benzene rings is 1. The maximum atomic E-state index is 4.29. The van der Waals surface area contributed by atoms with Gasteiger partial charge in [-0.25, -0.2) is 4.98 Å². The number of hydrogen-bond acceptors (Lipinski definition) is 2. The number of hydrogen-bond donors (Lipinski definition) is 1. The van der Waals surface area contributed by atoms with Crippen LogP contribution in [-0.2, 0) is 6.54 Å². The van der Waals surface area contributed by atoms with Crippen molar-refractivity contribution < 1.29 is 0 Å². The second kappa shape index (κ2) is 5.72. The summed E-state index contributed by atoms with van der Waals surface area (Å²) >= 11 is 3.47. The molecule has 1 aliphatic rings. The van der Waals surface area contributed by atoms with Gasteiger partial charge in [-0.05, 0) is 30.7 Å². The van der Waals surface area contributed by atoms with Crippen LogP contribution < -0.4 is 5.32 Å². The first-order valence-corrected chi connectivity index (χ1v) is 7.27. The number of rotatable bonds is 3. The van der Waals surface area contributed by atoms with Crippen LogP contribution in [0.5, 0.6) is 0 Å². The fraction of sp³-hybridized carbons (Fsp3) is 0.267. The Morgan fingerprint density at radius 2 is 2.11 bits per heavy atom. The summed E-state index contributed by atoms with van der Waals surface area (Å²) in [6.07, 6.45) is 7.26. The van der Waals surface area contributed by atoms with Crippen molar-refractivity contribution in [2.45, 2.75) is 13.0 Å². The van der Waals surface area contributed by atoms with E-state index in [9.17, 15) is 0 Å². The number of halogens is 1. The maximum absolute atomic E-state index is 4.29. The van der Waals surface area contributed by atoms with E-state index in [1.165, 1.54) is 16.8 Å². The van der Waals surface area contributed by atoms with Crippen LogP contribution in [0.1, 0.15) is 6.42 Å². The molecule has 1 aromatic carbocycles. The Morgan fingerprint density at radius 1 is 1.26 bits per heavy atom. The second-order valence-corrected chi connectivity index (χ2v) is 5.65. The van der Waals surface area contributed by atoms with E-state index in [0.717, 1.165) is 30.5 Å². The smallest absolute Gasteiger partial charge is 0.0954 e. The monoisotopic (exact) mass is 317 g/mol. The molecular formula is C15H16BrN3. The summed E-state index contributed by atoms with van der Waals surface area (Å²) in [7, 11) is 0. The molecule has 0 unspecified atom stereocenters. The van der Waals surface area contributed by atoms with Gasteiger partial charge in [0.2, 0.25) is 0 Å². The van der Waals surface area contributed by atoms with Crippen LogP contribution >= 0.6 is 15.9 Å². The molecule has 3 rings (SSSR count). The van der Waals surface area contributed by atoms with Crippen molar-refractivity contribution in [1.82, 2.24) is 14.9 Å². The third kappa shape index (κ3) is 2.96. The summed E-state index contributed by atoms with van der Waals surface area (Å²) in [4.78, 5) is 4.29. The van der Waals surface area contributed by atoms with Crippen molar-refractivity contribution in [1.29, 1.82) is 0 Å². The number of imidazole rings is 1. The summed E-state index contributed by atoms with van der Waals surface area (Å²) < 4.78 is 3.32. The third-order valence-electron chi connectivity index (χ3n) is 3.38. The van der Waals surface area contributed by atoms with Crippen molar-refractivity contribution >= 4 is 15.9 Å². The molecular weight excluding hydrogens is 302 g/mol. The van der Waals surface area contributed by atoms with Gasteiger partial charge in [-0.3, -0.25) is 0 Å². The molecule has 0 atom stereocenters. The van der Waals surface area contributed by atoms with Crippen LogP contribution in [0.4, 0.5) is 0 Å². The van der Waals surface area contributed by atoms with Crippen LogP contribution in [0.3, 0.4) is 0 Å². The molecule has 0 fully saturated rings. The molecule has 0 spiro atoms. The van der Waals surface area contributed by atoms with Gasteiger partial charge in [-0.2, -0.15) is 0 Å². The van der Waals surface area contributed by atoms with E-state index in [-0.39, 0.29) is 0 Å². The highest BCUT2D eigenvalue weighted by Crippen LogP contribution is 2.22. The van der Waals surface area contributed by atoms with Crippen molar-refractivity contribution in [2.75, 3.05) is 13.1 Å². The molecule has 1 aromatic heterocycles. The molecule has 0 saturated carbocycles. The van der Waals surface area contributed by atoms with Crippen molar-refractivity contribution in [2.24, 2.45) is 0 Å². The SMILES string of the molecule is Brc1ccc(-c2cncn2CC2=CCNCC2)cc1. The highest BCUT2D eigenvalue weighted by atomic mass is 79.9. The zero-order valence-electron chi connectivity index (χ0n) is 10.6. The van der Waals surface area contributed by atoms with Gasteiger partial charge >= 0.3 is 0 Å². The number of aromatic nitrogens is 2. The molecule has 4 heteroatoms. The molecule has 3 nitrogen and oxygen atoms in total. The van der Waals surface area contributed by atoms with Crippen LogP contribution in [-0.4, -0.2) is 22.6 Å². The molecule has 0 amide bonds. The normalized spacial score (nSPS) is 15.3. The highest BCUT2D eigenvalue weighted by Gasteiger charge is 2.08. The quantitative estimate of drug-likeness (QED) is 0.881. The zero-order chi connectivity index (χ0) is 13.1. The first kappa shape index (κ1) is 12.6. The van der Waals surface area contributed by atoms with E-state index in [2.05, 4.69) is 61.1 Å². The van der Waals surface area contributed by atoms with E-state index in [1.807, 2.05) is 12.5 Å². The topological polar surface area (TPSA) is 29.9 Å². The first-order valence-electron chi connectivity index (χ1n) is 6.47. The molecule has 98 valence electrons. The lowest BCUT2D eigenvalue weighted by atomic mass is 10.1. The van der Waals surface area contributed by atoms with Crippen molar-refractivity contribution in [3.63, 3.8) is 0 Å². The molecule has 1 aliphatic heterocycles. The largest absolute Gasteiger partial charge is 0.326 e. The predicted molar refractivity (Wildman–Crippen MR) is 80.9 cm³/mol. The van der Waals surface area contributed by atoms with E-state index in [1.54, 1.807) is 0 Å². The van der Waals surface area contributed by atoms with Gasteiger partial charge < -0.3 is 9.88 Å². The molecule has 0 saturated heterocycles. The predicted octanol–water partition coefficient (Wildman–Crippen LogP) is 3.23. The van der Waals surface area contributed by atoms with Crippen LogP contribution in [0.15, 0.2) is 52.9 Å². The van der Waals surface area contributed by atoms with Gasteiger partial charge in [0.05, 0.1) is 18.2 Å². The minimum atomic E-state index is 0.938. The van der Waals surface area contributed by atoms with E-state index in [0.29, 0.717) is 0 Å². The van der Waals surface area contributed by atoms with Crippen molar-refractivity contribution in [3.8, 4) is 11.3 Å². The average molecular weight is 318 g/mol. The molecule has 19 heavy (non-hydrogen) atoms. The highest BCUT2D eigenvalue weighted by molar-refractivity contribution is 9.10. The van der Waals surface area contributed by atoms with Gasteiger partial charge in [0.25, 0.3) is 0 Å². The summed E-state index contributed by atoms with van der Waals surface area (Å²) in [5.74, 6) is 0. The lowest BCUT2D eigenvalue weighted by Crippen LogP contribution is -2.22. The summed E-state index contributed by atoms with van der Waals surface area (Å²) in [6.45, 7) is 3.00. The lowest BCUT2D eigenvalue weighted by Gasteiger charge is -2.16. The Balaban J connectivity index is 1.85. The Hall–Kier alpha value is -1.39. The molecule has 0 radical (unpaired) electrons. The van der Waals surface area contributed by atoms with Gasteiger partial charge in [-0.1, -0.05) is 39.7 Å². The minimum Gasteiger partial charge on any atom is -0.326 e. The molecule has 2 aromatic rings. The maximum Gasteiger partial charge on any atom is 0.0954 e. The average Bonchev–Trinajstić information content (AvgIpc) is 2.89. The lowest BCUT2D eigenvalue weighted by molar-refractivity contribution is 0.652. The molecule has 0 aliphatic carbocycles. The zero-order valence-corrected chi connectivity index (χ0v) is 12.2. The van der Waals surface area contributed by atoms with Gasteiger partial charge in [0.15, 0.2) is 0 Å². The number of nitrogens with one attached hydrogen (secondary N) is 1. The second-order valence-electron chi connectivity index (χ2n) is 4.73. The van der Waals surface area contributed by atoms with Gasteiger partial charge in [0.1, 0.15) is 0 Å². The van der Waals surface area contributed by atoms with E-state index in [4.69, 9.17) is 0 Å². The number of nitrogens with zero attached hydrogens (tertiary/aromatic N) is 2. The summed E-state index contributed by atoms with van der Waals surface area (Å²) in [6, 6.07) is 8.37. The first-order chi connectivity index (χ1) is 9.33. The van der Waals surface area contributed by atoms with Crippen LogP contribution in [0, 0.1) is 0 Å².